The summed E-state index contributed by atoms with van der Waals surface area (Å²) in [7, 11) is -4.35. The first-order chi connectivity index (χ1) is 15.0. The van der Waals surface area contributed by atoms with Crippen molar-refractivity contribution in [1.29, 1.82) is 0 Å². The van der Waals surface area contributed by atoms with Crippen LogP contribution in [0.15, 0.2) is 0 Å². The zero-order valence-corrected chi connectivity index (χ0v) is 21.7. The van der Waals surface area contributed by atoms with Crippen LogP contribution in [0.25, 0.3) is 0 Å². The van der Waals surface area contributed by atoms with Gasteiger partial charge in [0.25, 0.3) is 0 Å². The molecule has 0 bridgehead atoms. The summed E-state index contributed by atoms with van der Waals surface area (Å²) >= 11 is 0. The molecule has 0 aliphatic heterocycles. The van der Waals surface area contributed by atoms with Crippen LogP contribution in [0.4, 0.5) is 0 Å². The third kappa shape index (κ3) is 26.0. The van der Waals surface area contributed by atoms with Gasteiger partial charge < -0.3 is 0 Å². The molecule has 0 aliphatic carbocycles. The van der Waals surface area contributed by atoms with Crippen molar-refractivity contribution in [2.75, 3.05) is 0 Å². The first-order valence-corrected chi connectivity index (χ1v) is 15.0. The third-order valence-corrected chi connectivity index (χ3v) is 6.78. The lowest BCUT2D eigenvalue weighted by atomic mass is 10.0. The molecule has 0 fully saturated rings. The van der Waals surface area contributed by atoms with E-state index in [1.807, 2.05) is 0 Å². The molecule has 4 nitrogen and oxygen atoms in total. The SMILES string of the molecule is CCCCCCCCCCCCCCC(CCCCCCCCCCC)OS(=O)(=O)O. The maximum Gasteiger partial charge on any atom is 0.397 e. The van der Waals surface area contributed by atoms with Gasteiger partial charge in [-0.1, -0.05) is 149 Å². The molecule has 1 N–H and O–H groups in total. The number of hydrogen-bond acceptors (Lipinski definition) is 3. The summed E-state index contributed by atoms with van der Waals surface area (Å²) in [5, 5.41) is 0. The molecular weight excluding hydrogens is 408 g/mol. The first-order valence-electron chi connectivity index (χ1n) is 13.6. The summed E-state index contributed by atoms with van der Waals surface area (Å²) in [5.74, 6) is 0. The average molecular weight is 463 g/mol. The van der Waals surface area contributed by atoms with Crippen LogP contribution in [0, 0.1) is 0 Å². The predicted molar refractivity (Wildman–Crippen MR) is 134 cm³/mol. The number of unbranched alkanes of at least 4 members (excludes halogenated alkanes) is 19. The highest BCUT2D eigenvalue weighted by molar-refractivity contribution is 7.80. The van der Waals surface area contributed by atoms with Crippen LogP contribution < -0.4 is 0 Å². The van der Waals surface area contributed by atoms with Crippen molar-refractivity contribution >= 4 is 10.4 Å². The Morgan fingerprint density at radius 2 is 0.774 bits per heavy atom. The Balaban J connectivity index is 3.69. The topological polar surface area (TPSA) is 63.6 Å². The van der Waals surface area contributed by atoms with Gasteiger partial charge in [0.15, 0.2) is 0 Å². The van der Waals surface area contributed by atoms with Crippen LogP contribution in [0.2, 0.25) is 0 Å². The summed E-state index contributed by atoms with van der Waals surface area (Å²) in [4.78, 5) is 0. The molecule has 1 atom stereocenters. The second-order valence-electron chi connectivity index (χ2n) is 9.44. The Labute approximate surface area is 195 Å². The van der Waals surface area contributed by atoms with Gasteiger partial charge in [-0.15, -0.1) is 0 Å². The van der Waals surface area contributed by atoms with E-state index in [2.05, 4.69) is 13.8 Å². The van der Waals surface area contributed by atoms with Gasteiger partial charge in [0.1, 0.15) is 0 Å². The van der Waals surface area contributed by atoms with Crippen LogP contribution in [0.3, 0.4) is 0 Å². The molecule has 0 spiro atoms. The standard InChI is InChI=1S/C26H54O4S/c1-3-5-7-9-11-13-14-15-17-19-21-23-25-26(30-31(27,28)29)24-22-20-18-16-12-10-8-6-4-2/h26H,3-25H2,1-2H3,(H,27,28,29). The van der Waals surface area contributed by atoms with E-state index in [1.54, 1.807) is 0 Å². The lowest BCUT2D eigenvalue weighted by Crippen LogP contribution is -2.18. The fourth-order valence-electron chi connectivity index (χ4n) is 4.31. The van der Waals surface area contributed by atoms with E-state index in [0.717, 1.165) is 38.5 Å². The zero-order valence-electron chi connectivity index (χ0n) is 20.9. The van der Waals surface area contributed by atoms with Crippen molar-refractivity contribution in [3.05, 3.63) is 0 Å². The fraction of sp³-hybridized carbons (Fsp3) is 1.00. The second kappa shape index (κ2) is 23.0. The molecule has 31 heavy (non-hydrogen) atoms. The van der Waals surface area contributed by atoms with E-state index in [4.69, 9.17) is 8.74 Å². The smallest absolute Gasteiger partial charge is 0.264 e. The van der Waals surface area contributed by atoms with Gasteiger partial charge in [-0.2, -0.15) is 8.42 Å². The Bertz CT molecular complexity index is 450. The maximum atomic E-state index is 11.2. The normalized spacial score (nSPS) is 13.0. The summed E-state index contributed by atoms with van der Waals surface area (Å²) in [6, 6.07) is 0. The molecule has 0 rings (SSSR count). The highest BCUT2D eigenvalue weighted by Crippen LogP contribution is 2.19. The average Bonchev–Trinajstić information content (AvgIpc) is 2.72. The van der Waals surface area contributed by atoms with E-state index in [9.17, 15) is 8.42 Å². The lowest BCUT2D eigenvalue weighted by molar-refractivity contribution is 0.157. The van der Waals surface area contributed by atoms with Gasteiger partial charge in [0, 0.05) is 0 Å². The van der Waals surface area contributed by atoms with Gasteiger partial charge in [-0.05, 0) is 12.8 Å². The molecule has 188 valence electrons. The van der Waals surface area contributed by atoms with Crippen LogP contribution >= 0.6 is 0 Å². The molecular formula is C26H54O4S. The summed E-state index contributed by atoms with van der Waals surface area (Å²) in [6.45, 7) is 4.50. The third-order valence-electron chi connectivity index (χ3n) is 6.27. The van der Waals surface area contributed by atoms with Gasteiger partial charge >= 0.3 is 10.4 Å². The summed E-state index contributed by atoms with van der Waals surface area (Å²) in [5.41, 5.74) is 0. The van der Waals surface area contributed by atoms with Crippen molar-refractivity contribution < 1.29 is 17.2 Å². The molecule has 0 saturated carbocycles. The minimum atomic E-state index is -4.35. The molecule has 0 heterocycles. The number of hydrogen-bond donors (Lipinski definition) is 1. The van der Waals surface area contributed by atoms with Crippen molar-refractivity contribution in [3.8, 4) is 0 Å². The monoisotopic (exact) mass is 462 g/mol. The highest BCUT2D eigenvalue weighted by Gasteiger charge is 2.16. The van der Waals surface area contributed by atoms with Gasteiger partial charge in [-0.3, -0.25) is 4.55 Å². The van der Waals surface area contributed by atoms with Crippen molar-refractivity contribution in [1.82, 2.24) is 0 Å². The maximum absolute atomic E-state index is 11.2. The Morgan fingerprint density at radius 3 is 1.03 bits per heavy atom. The van der Waals surface area contributed by atoms with E-state index < -0.39 is 10.4 Å². The molecule has 0 aromatic carbocycles. The fourth-order valence-corrected chi connectivity index (χ4v) is 4.84. The molecule has 0 aliphatic rings. The van der Waals surface area contributed by atoms with Crippen molar-refractivity contribution in [2.45, 2.75) is 168 Å². The summed E-state index contributed by atoms with van der Waals surface area (Å²) < 4.78 is 36.3. The quantitative estimate of drug-likeness (QED) is 0.108. The number of rotatable bonds is 25. The van der Waals surface area contributed by atoms with Gasteiger partial charge in [-0.25, -0.2) is 4.18 Å². The molecule has 0 amide bonds. The molecule has 0 radical (unpaired) electrons. The van der Waals surface area contributed by atoms with Crippen LogP contribution in [0.5, 0.6) is 0 Å². The van der Waals surface area contributed by atoms with E-state index >= 15 is 0 Å². The van der Waals surface area contributed by atoms with Crippen molar-refractivity contribution in [3.63, 3.8) is 0 Å². The molecule has 1 unspecified atom stereocenters. The van der Waals surface area contributed by atoms with Crippen molar-refractivity contribution in [2.24, 2.45) is 0 Å². The van der Waals surface area contributed by atoms with Gasteiger partial charge in [0.2, 0.25) is 0 Å². The predicted octanol–water partition coefficient (Wildman–Crippen LogP) is 9.19. The largest absolute Gasteiger partial charge is 0.397 e. The van der Waals surface area contributed by atoms with E-state index in [0.29, 0.717) is 0 Å². The molecule has 0 saturated heterocycles. The van der Waals surface area contributed by atoms with Crippen LogP contribution in [-0.4, -0.2) is 19.1 Å². The van der Waals surface area contributed by atoms with Gasteiger partial charge in [0.05, 0.1) is 6.10 Å². The summed E-state index contributed by atoms with van der Waals surface area (Å²) in [6.07, 6.45) is 27.8. The Kier molecular flexibility index (Phi) is 22.9. The minimum Gasteiger partial charge on any atom is -0.264 e. The van der Waals surface area contributed by atoms with Crippen LogP contribution in [-0.2, 0) is 14.6 Å². The lowest BCUT2D eigenvalue weighted by Gasteiger charge is -2.15. The van der Waals surface area contributed by atoms with Crippen LogP contribution in [0.1, 0.15) is 162 Å². The molecule has 0 aromatic rings. The molecule has 0 aromatic heterocycles. The second-order valence-corrected chi connectivity index (χ2v) is 10.5. The van der Waals surface area contributed by atoms with E-state index in [-0.39, 0.29) is 6.10 Å². The Hall–Kier alpha value is -0.130. The Morgan fingerprint density at radius 1 is 0.516 bits per heavy atom. The minimum absolute atomic E-state index is 0.359. The zero-order chi connectivity index (χ0) is 23.0. The molecule has 5 heteroatoms. The van der Waals surface area contributed by atoms with E-state index in [1.165, 1.54) is 109 Å². The first kappa shape index (κ1) is 30.9. The highest BCUT2D eigenvalue weighted by atomic mass is 32.3.